The first-order chi connectivity index (χ1) is 11.9. The van der Waals surface area contributed by atoms with Gasteiger partial charge in [0.25, 0.3) is 0 Å². The van der Waals surface area contributed by atoms with E-state index in [1.165, 1.54) is 0 Å². The minimum absolute atomic E-state index is 0. The summed E-state index contributed by atoms with van der Waals surface area (Å²) >= 11 is 12.1. The van der Waals surface area contributed by atoms with Crippen LogP contribution in [0.1, 0.15) is 17.2 Å². The van der Waals surface area contributed by atoms with Gasteiger partial charge in [-0.05, 0) is 24.6 Å². The molecule has 0 bridgehead atoms. The van der Waals surface area contributed by atoms with Crippen molar-refractivity contribution < 1.29 is 0 Å². The molecule has 0 aliphatic rings. The Morgan fingerprint density at radius 3 is 2.65 bits per heavy atom. The van der Waals surface area contributed by atoms with Gasteiger partial charge in [0, 0.05) is 27.2 Å². The highest BCUT2D eigenvalue weighted by molar-refractivity contribution is 14.0. The molecule has 0 saturated heterocycles. The maximum absolute atomic E-state index is 6.09. The maximum Gasteiger partial charge on any atom is 0.194 e. The van der Waals surface area contributed by atoms with E-state index < -0.39 is 0 Å². The Labute approximate surface area is 181 Å². The van der Waals surface area contributed by atoms with Gasteiger partial charge in [0.05, 0.1) is 10.0 Å². The molecule has 0 spiro atoms. The molecule has 0 saturated carbocycles. The fourth-order valence-electron chi connectivity index (χ4n) is 2.20. The van der Waals surface area contributed by atoms with Crippen molar-refractivity contribution in [1.29, 1.82) is 0 Å². The molecule has 2 aromatic rings. The van der Waals surface area contributed by atoms with Crippen LogP contribution < -0.4 is 5.32 Å². The Kier molecular flexibility index (Phi) is 9.38. The molecule has 6 nitrogen and oxygen atoms in total. The molecule has 0 radical (unpaired) electrons. The number of rotatable bonds is 6. The van der Waals surface area contributed by atoms with Crippen LogP contribution in [0.5, 0.6) is 0 Å². The molecule has 0 aliphatic heterocycles. The third-order valence-electron chi connectivity index (χ3n) is 3.72. The quantitative estimate of drug-likeness (QED) is 0.279. The molecule has 0 aliphatic carbocycles. The predicted octanol–water partition coefficient (Wildman–Crippen LogP) is 3.81. The van der Waals surface area contributed by atoms with Crippen LogP contribution in [-0.4, -0.2) is 39.2 Å². The second kappa shape index (κ2) is 10.7. The lowest BCUT2D eigenvalue weighted by molar-refractivity contribution is 0.477. The van der Waals surface area contributed by atoms with Crippen LogP contribution in [0.2, 0.25) is 10.0 Å². The monoisotopic (exact) mass is 508 g/mol. The average Bonchev–Trinajstić information content (AvgIpc) is 2.90. The lowest BCUT2D eigenvalue weighted by Crippen LogP contribution is -2.38. The number of guanidine groups is 1. The molecule has 0 atom stereocenters. The molecular weight excluding hydrogens is 486 g/mol. The average molecular weight is 509 g/mol. The number of aliphatic imine (C=N–C) groups is 1. The zero-order valence-electron chi connectivity index (χ0n) is 15.0. The maximum atomic E-state index is 6.09. The van der Waals surface area contributed by atoms with Crippen LogP contribution in [0, 0.1) is 6.92 Å². The topological polar surface area (TPSA) is 58.3 Å². The van der Waals surface area contributed by atoms with Gasteiger partial charge in [-0.2, -0.15) is 0 Å². The summed E-state index contributed by atoms with van der Waals surface area (Å²) in [6.07, 6.45) is 1.79. The second-order valence-electron chi connectivity index (χ2n) is 5.64. The number of halogens is 3. The summed E-state index contributed by atoms with van der Waals surface area (Å²) in [6, 6.07) is 5.60. The highest BCUT2D eigenvalue weighted by Crippen LogP contribution is 2.23. The Balaban J connectivity index is 0.00000338. The Bertz CT molecular complexity index is 775. The minimum Gasteiger partial charge on any atom is -0.353 e. The summed E-state index contributed by atoms with van der Waals surface area (Å²) in [4.78, 5) is 6.65. The van der Waals surface area contributed by atoms with Gasteiger partial charge in [-0.15, -0.1) is 40.8 Å². The number of hydrogen-bond donors (Lipinski definition) is 1. The molecule has 1 N–H and O–H groups in total. The van der Waals surface area contributed by atoms with Gasteiger partial charge in [0.15, 0.2) is 11.8 Å². The molecule has 0 fully saturated rings. The zero-order valence-corrected chi connectivity index (χ0v) is 18.9. The van der Waals surface area contributed by atoms with Crippen molar-refractivity contribution in [1.82, 2.24) is 25.0 Å². The van der Waals surface area contributed by atoms with Gasteiger partial charge in [0.2, 0.25) is 0 Å². The predicted molar refractivity (Wildman–Crippen MR) is 118 cm³/mol. The molecule has 0 unspecified atom stereocenters. The third kappa shape index (κ3) is 6.14. The van der Waals surface area contributed by atoms with Crippen molar-refractivity contribution in [3.05, 3.63) is 58.1 Å². The first-order valence-corrected chi connectivity index (χ1v) is 8.57. The molecule has 0 amide bonds. The van der Waals surface area contributed by atoms with Gasteiger partial charge in [0.1, 0.15) is 12.4 Å². The summed E-state index contributed by atoms with van der Waals surface area (Å²) in [5.41, 5.74) is 1.04. The molecule has 1 aromatic heterocycles. The van der Waals surface area contributed by atoms with Gasteiger partial charge in [-0.25, -0.2) is 4.99 Å². The van der Waals surface area contributed by atoms with Crippen LogP contribution in [-0.2, 0) is 20.1 Å². The van der Waals surface area contributed by atoms with Crippen molar-refractivity contribution >= 4 is 53.1 Å². The van der Waals surface area contributed by atoms with Crippen molar-refractivity contribution in [2.24, 2.45) is 12.0 Å². The van der Waals surface area contributed by atoms with Crippen molar-refractivity contribution in [3.63, 3.8) is 0 Å². The highest BCUT2D eigenvalue weighted by atomic mass is 127. The highest BCUT2D eigenvalue weighted by Gasteiger charge is 2.10. The van der Waals surface area contributed by atoms with Crippen LogP contribution in [0.4, 0.5) is 0 Å². The summed E-state index contributed by atoms with van der Waals surface area (Å²) in [7, 11) is 3.88. The minimum atomic E-state index is 0. The largest absolute Gasteiger partial charge is 0.353 e. The fourth-order valence-corrected chi connectivity index (χ4v) is 2.52. The smallest absolute Gasteiger partial charge is 0.194 e. The van der Waals surface area contributed by atoms with Gasteiger partial charge in [-0.3, -0.25) is 0 Å². The summed E-state index contributed by atoms with van der Waals surface area (Å²) in [6.45, 7) is 7.33. The molecule has 2 rings (SSSR count). The van der Waals surface area contributed by atoms with Crippen LogP contribution in [0.15, 0.2) is 35.8 Å². The number of nitrogens with zero attached hydrogens (tertiary/aromatic N) is 5. The number of aryl methyl sites for hydroxylation is 1. The van der Waals surface area contributed by atoms with E-state index in [0.717, 1.165) is 23.2 Å². The standard InChI is InChI=1S/C17H22Cl2N6.HI/c1-5-8-20-17(21-10-16-23-22-12(2)25(16)4)24(3)11-13-6-7-14(18)15(19)9-13;/h5-7,9H,1,8,10-11H2,2-4H3,(H,20,21);1H. The van der Waals surface area contributed by atoms with E-state index in [9.17, 15) is 0 Å². The number of benzene rings is 1. The number of hydrogen-bond acceptors (Lipinski definition) is 3. The van der Waals surface area contributed by atoms with Crippen molar-refractivity contribution in [3.8, 4) is 0 Å². The van der Waals surface area contributed by atoms with Gasteiger partial charge >= 0.3 is 0 Å². The van der Waals surface area contributed by atoms with E-state index in [1.54, 1.807) is 12.1 Å². The molecule has 1 heterocycles. The zero-order chi connectivity index (χ0) is 18.4. The summed E-state index contributed by atoms with van der Waals surface area (Å²) in [5, 5.41) is 12.5. The van der Waals surface area contributed by atoms with E-state index in [2.05, 4.69) is 27.1 Å². The molecule has 142 valence electrons. The first-order valence-electron chi connectivity index (χ1n) is 7.81. The summed E-state index contributed by atoms with van der Waals surface area (Å²) in [5.74, 6) is 2.40. The van der Waals surface area contributed by atoms with Crippen LogP contribution in [0.25, 0.3) is 0 Å². The van der Waals surface area contributed by atoms with E-state index in [-0.39, 0.29) is 24.0 Å². The molecular formula is C17H23Cl2IN6. The molecule has 26 heavy (non-hydrogen) atoms. The van der Waals surface area contributed by atoms with E-state index in [1.807, 2.05) is 42.6 Å². The fraction of sp³-hybridized carbons (Fsp3) is 0.353. The molecule has 1 aromatic carbocycles. The number of aromatic nitrogens is 3. The van der Waals surface area contributed by atoms with Crippen LogP contribution >= 0.6 is 47.2 Å². The Hall–Kier alpha value is -1.32. The number of nitrogens with one attached hydrogen (secondary N) is 1. The Morgan fingerprint density at radius 1 is 1.35 bits per heavy atom. The van der Waals surface area contributed by atoms with E-state index in [0.29, 0.717) is 29.7 Å². The SMILES string of the molecule is C=CCNC(=NCc1nnc(C)n1C)N(C)Cc1ccc(Cl)c(Cl)c1.I. The van der Waals surface area contributed by atoms with Crippen molar-refractivity contribution in [2.45, 2.75) is 20.0 Å². The second-order valence-corrected chi connectivity index (χ2v) is 6.45. The van der Waals surface area contributed by atoms with Gasteiger partial charge < -0.3 is 14.8 Å². The third-order valence-corrected chi connectivity index (χ3v) is 4.46. The van der Waals surface area contributed by atoms with Gasteiger partial charge in [-0.1, -0.05) is 35.3 Å². The molecule has 9 heteroatoms. The van der Waals surface area contributed by atoms with E-state index >= 15 is 0 Å². The van der Waals surface area contributed by atoms with Crippen molar-refractivity contribution in [2.75, 3.05) is 13.6 Å². The van der Waals surface area contributed by atoms with E-state index in [4.69, 9.17) is 23.2 Å². The lowest BCUT2D eigenvalue weighted by atomic mass is 10.2. The summed E-state index contributed by atoms with van der Waals surface area (Å²) < 4.78 is 1.92. The lowest BCUT2D eigenvalue weighted by Gasteiger charge is -2.22. The normalized spacial score (nSPS) is 11.0. The Morgan fingerprint density at radius 2 is 2.08 bits per heavy atom. The van der Waals surface area contributed by atoms with Crippen LogP contribution in [0.3, 0.4) is 0 Å². The first kappa shape index (κ1) is 22.7.